The van der Waals surface area contributed by atoms with Gasteiger partial charge in [-0.3, -0.25) is 4.21 Å². The number of halogens is 1. The maximum Gasteiger partial charge on any atom is 0.322 e. The molecule has 1 aromatic heterocycles. The molecule has 0 fully saturated rings. The highest BCUT2D eigenvalue weighted by molar-refractivity contribution is 7.84. The average molecular weight is 265 g/mol. The highest BCUT2D eigenvalue weighted by atomic mass is 35.5. The van der Waals surface area contributed by atoms with Crippen molar-refractivity contribution in [2.45, 2.75) is 6.92 Å². The normalized spacial score (nSPS) is 12.2. The molecule has 0 amide bonds. The van der Waals surface area contributed by atoms with Gasteiger partial charge in [-0.1, -0.05) is 0 Å². The summed E-state index contributed by atoms with van der Waals surface area (Å²) in [4.78, 5) is 11.6. The van der Waals surface area contributed by atoms with Crippen LogP contribution in [0.15, 0.2) is 0 Å². The maximum atomic E-state index is 10.8. The number of aromatic nitrogens is 3. The van der Waals surface area contributed by atoms with Gasteiger partial charge in [0.15, 0.2) is 0 Å². The molecule has 6 nitrogen and oxygen atoms in total. The fraction of sp³-hybridized carbons (Fsp3) is 0.625. The number of rotatable bonds is 6. The Morgan fingerprint density at radius 2 is 2.19 bits per heavy atom. The van der Waals surface area contributed by atoms with Gasteiger partial charge in [-0.15, -0.1) is 0 Å². The van der Waals surface area contributed by atoms with E-state index in [1.54, 1.807) is 6.26 Å². The summed E-state index contributed by atoms with van der Waals surface area (Å²) in [5.41, 5.74) is 0. The topological polar surface area (TPSA) is 77.0 Å². The molecular weight excluding hydrogens is 252 g/mol. The number of ether oxygens (including phenoxy) is 1. The van der Waals surface area contributed by atoms with Gasteiger partial charge in [0.2, 0.25) is 11.2 Å². The Kier molecular flexibility index (Phi) is 5.41. The SMILES string of the molecule is CCOc1nc(Cl)nc(NCCS(C)=O)n1. The minimum atomic E-state index is -0.851. The molecule has 1 rings (SSSR count). The van der Waals surface area contributed by atoms with Gasteiger partial charge in [0.1, 0.15) is 0 Å². The van der Waals surface area contributed by atoms with Crippen molar-refractivity contribution in [2.75, 3.05) is 30.5 Å². The summed E-state index contributed by atoms with van der Waals surface area (Å²) in [5, 5.41) is 2.96. The molecule has 1 atom stereocenters. The van der Waals surface area contributed by atoms with Gasteiger partial charge in [0.05, 0.1) is 6.61 Å². The van der Waals surface area contributed by atoms with Crippen molar-refractivity contribution in [1.29, 1.82) is 0 Å². The Labute approximate surface area is 101 Å². The van der Waals surface area contributed by atoms with Crippen LogP contribution in [0.1, 0.15) is 6.92 Å². The molecule has 0 saturated heterocycles. The van der Waals surface area contributed by atoms with E-state index < -0.39 is 10.8 Å². The van der Waals surface area contributed by atoms with Crippen molar-refractivity contribution in [2.24, 2.45) is 0 Å². The van der Waals surface area contributed by atoms with E-state index in [-0.39, 0.29) is 11.3 Å². The zero-order chi connectivity index (χ0) is 12.0. The van der Waals surface area contributed by atoms with Crippen LogP contribution in [-0.2, 0) is 10.8 Å². The van der Waals surface area contributed by atoms with Crippen LogP contribution in [0.3, 0.4) is 0 Å². The van der Waals surface area contributed by atoms with E-state index in [1.807, 2.05) is 6.92 Å². The monoisotopic (exact) mass is 264 g/mol. The van der Waals surface area contributed by atoms with Gasteiger partial charge in [0.25, 0.3) is 0 Å². The van der Waals surface area contributed by atoms with E-state index in [9.17, 15) is 4.21 Å². The Balaban J connectivity index is 2.61. The lowest BCUT2D eigenvalue weighted by atomic mass is 10.7. The molecule has 0 radical (unpaired) electrons. The van der Waals surface area contributed by atoms with Crippen molar-refractivity contribution in [3.8, 4) is 6.01 Å². The zero-order valence-corrected chi connectivity index (χ0v) is 10.6. The number of hydrogen-bond acceptors (Lipinski definition) is 6. The third kappa shape index (κ3) is 4.71. The molecule has 1 N–H and O–H groups in total. The number of anilines is 1. The molecule has 1 unspecified atom stereocenters. The highest BCUT2D eigenvalue weighted by Gasteiger charge is 2.05. The van der Waals surface area contributed by atoms with E-state index in [4.69, 9.17) is 16.3 Å². The summed E-state index contributed by atoms with van der Waals surface area (Å²) in [5.74, 6) is 0.849. The molecule has 0 aliphatic heterocycles. The van der Waals surface area contributed by atoms with Crippen LogP contribution in [0.5, 0.6) is 6.01 Å². The standard InChI is InChI=1S/C8H13ClN4O2S/c1-3-15-8-12-6(9)11-7(13-8)10-4-5-16(2)14/h3-5H2,1-2H3,(H,10,11,12,13). The molecule has 0 aromatic carbocycles. The van der Waals surface area contributed by atoms with Crippen LogP contribution in [0.2, 0.25) is 5.28 Å². The smallest absolute Gasteiger partial charge is 0.322 e. The molecule has 0 aliphatic rings. The third-order valence-electron chi connectivity index (χ3n) is 1.53. The summed E-state index contributed by atoms with van der Waals surface area (Å²) in [6.45, 7) is 2.79. The van der Waals surface area contributed by atoms with E-state index in [0.29, 0.717) is 24.9 Å². The van der Waals surface area contributed by atoms with Crippen molar-refractivity contribution in [3.05, 3.63) is 5.28 Å². The third-order valence-corrected chi connectivity index (χ3v) is 2.48. The average Bonchev–Trinajstić information content (AvgIpc) is 2.16. The molecule has 90 valence electrons. The number of nitrogens with zero attached hydrogens (tertiary/aromatic N) is 3. The second-order valence-corrected chi connectivity index (χ2v) is 4.74. The first-order chi connectivity index (χ1) is 7.61. The summed E-state index contributed by atoms with van der Waals surface area (Å²) in [6.07, 6.45) is 1.63. The fourth-order valence-corrected chi connectivity index (χ4v) is 1.45. The lowest BCUT2D eigenvalue weighted by Crippen LogP contribution is -2.13. The van der Waals surface area contributed by atoms with Gasteiger partial charge in [-0.05, 0) is 18.5 Å². The van der Waals surface area contributed by atoms with Crippen LogP contribution in [0.25, 0.3) is 0 Å². The predicted molar refractivity (Wildman–Crippen MR) is 63.4 cm³/mol. The van der Waals surface area contributed by atoms with E-state index in [2.05, 4.69) is 20.3 Å². The fourth-order valence-electron chi connectivity index (χ4n) is 0.911. The minimum absolute atomic E-state index is 0.0681. The second-order valence-electron chi connectivity index (χ2n) is 2.85. The van der Waals surface area contributed by atoms with Crippen molar-refractivity contribution in [3.63, 3.8) is 0 Å². The van der Waals surface area contributed by atoms with Gasteiger partial charge in [-0.2, -0.15) is 15.0 Å². The van der Waals surface area contributed by atoms with Gasteiger partial charge in [0, 0.05) is 29.4 Å². The molecule has 0 bridgehead atoms. The number of hydrogen-bond donors (Lipinski definition) is 1. The summed E-state index contributed by atoms with van der Waals surface area (Å²) in [6, 6.07) is 0.183. The molecular formula is C8H13ClN4O2S. The molecule has 8 heteroatoms. The van der Waals surface area contributed by atoms with Crippen LogP contribution < -0.4 is 10.1 Å². The van der Waals surface area contributed by atoms with Crippen molar-refractivity contribution < 1.29 is 8.95 Å². The molecule has 16 heavy (non-hydrogen) atoms. The largest absolute Gasteiger partial charge is 0.464 e. The Morgan fingerprint density at radius 3 is 2.81 bits per heavy atom. The zero-order valence-electron chi connectivity index (χ0n) is 9.07. The van der Waals surface area contributed by atoms with Gasteiger partial charge in [-0.25, -0.2) is 0 Å². The van der Waals surface area contributed by atoms with Crippen molar-refractivity contribution in [1.82, 2.24) is 15.0 Å². The van der Waals surface area contributed by atoms with Gasteiger partial charge >= 0.3 is 6.01 Å². The first-order valence-corrected chi connectivity index (χ1v) is 6.80. The van der Waals surface area contributed by atoms with E-state index >= 15 is 0 Å². The first kappa shape index (κ1) is 13.1. The molecule has 0 saturated carbocycles. The van der Waals surface area contributed by atoms with Crippen LogP contribution in [-0.4, -0.2) is 44.3 Å². The first-order valence-electron chi connectivity index (χ1n) is 4.70. The second kappa shape index (κ2) is 6.59. The maximum absolute atomic E-state index is 10.8. The molecule has 1 heterocycles. The Hall–Kier alpha value is -0.950. The van der Waals surface area contributed by atoms with Crippen LogP contribution >= 0.6 is 11.6 Å². The minimum Gasteiger partial charge on any atom is -0.464 e. The summed E-state index contributed by atoms with van der Waals surface area (Å²) < 4.78 is 15.9. The number of nitrogens with one attached hydrogen (secondary N) is 1. The Bertz CT molecular complexity index is 377. The molecule has 0 spiro atoms. The molecule has 0 aliphatic carbocycles. The quantitative estimate of drug-likeness (QED) is 0.816. The van der Waals surface area contributed by atoms with E-state index in [0.717, 1.165) is 0 Å². The van der Waals surface area contributed by atoms with Crippen molar-refractivity contribution >= 4 is 28.3 Å². The summed E-state index contributed by atoms with van der Waals surface area (Å²) in [7, 11) is -0.851. The van der Waals surface area contributed by atoms with E-state index in [1.165, 1.54) is 0 Å². The summed E-state index contributed by atoms with van der Waals surface area (Å²) >= 11 is 5.68. The lowest BCUT2D eigenvalue weighted by molar-refractivity contribution is 0.312. The Morgan fingerprint density at radius 1 is 1.44 bits per heavy atom. The lowest BCUT2D eigenvalue weighted by Gasteiger charge is -2.05. The predicted octanol–water partition coefficient (Wildman–Crippen LogP) is 0.714. The molecule has 1 aromatic rings. The van der Waals surface area contributed by atoms with Crippen LogP contribution in [0, 0.1) is 0 Å². The highest BCUT2D eigenvalue weighted by Crippen LogP contribution is 2.10. The van der Waals surface area contributed by atoms with Crippen LogP contribution in [0.4, 0.5) is 5.95 Å². The van der Waals surface area contributed by atoms with Gasteiger partial charge < -0.3 is 10.1 Å².